The van der Waals surface area contributed by atoms with Crippen LogP contribution >= 0.6 is 0 Å². The summed E-state index contributed by atoms with van der Waals surface area (Å²) in [4.78, 5) is 36.8. The van der Waals surface area contributed by atoms with Gasteiger partial charge < -0.3 is 10.4 Å². The Kier molecular flexibility index (Phi) is 7.87. The maximum Gasteiger partial charge on any atom is 0.311 e. The number of carbonyl (C=O) groups excluding carboxylic acids is 1. The van der Waals surface area contributed by atoms with Gasteiger partial charge in [-0.05, 0) is 62.6 Å². The van der Waals surface area contributed by atoms with Crippen LogP contribution in [0.5, 0.6) is 0 Å². The SMILES string of the molecule is C=Cc1cc2c(nc1CCCCC(=O)CC[C@H](C(=O)O)c1cnc(C)nc1)NCCC2. The van der Waals surface area contributed by atoms with Crippen molar-refractivity contribution in [3.63, 3.8) is 0 Å². The highest BCUT2D eigenvalue weighted by atomic mass is 16.4. The maximum atomic E-state index is 12.3. The first-order chi connectivity index (χ1) is 15.0. The molecule has 1 aliphatic heterocycles. The van der Waals surface area contributed by atoms with Gasteiger partial charge >= 0.3 is 5.97 Å². The molecule has 0 saturated heterocycles. The molecule has 0 aliphatic carbocycles. The lowest BCUT2D eigenvalue weighted by molar-refractivity contribution is -0.139. The molecule has 31 heavy (non-hydrogen) atoms. The second-order valence-corrected chi connectivity index (χ2v) is 8.01. The highest BCUT2D eigenvalue weighted by molar-refractivity contribution is 5.80. The molecule has 0 radical (unpaired) electrons. The first kappa shape index (κ1) is 22.6. The quantitative estimate of drug-likeness (QED) is 0.525. The minimum absolute atomic E-state index is 0.0864. The van der Waals surface area contributed by atoms with E-state index >= 15 is 0 Å². The fourth-order valence-corrected chi connectivity index (χ4v) is 3.88. The second kappa shape index (κ2) is 10.8. The Labute approximate surface area is 183 Å². The van der Waals surface area contributed by atoms with Gasteiger partial charge in [-0.2, -0.15) is 0 Å². The third-order valence-corrected chi connectivity index (χ3v) is 5.68. The van der Waals surface area contributed by atoms with Crippen LogP contribution in [0.2, 0.25) is 0 Å². The van der Waals surface area contributed by atoms with Gasteiger partial charge in [0.25, 0.3) is 0 Å². The van der Waals surface area contributed by atoms with E-state index in [-0.39, 0.29) is 18.6 Å². The molecule has 164 valence electrons. The molecule has 0 amide bonds. The number of hydrogen-bond donors (Lipinski definition) is 2. The summed E-state index contributed by atoms with van der Waals surface area (Å²) in [6.45, 7) is 6.61. The Morgan fingerprint density at radius 1 is 1.26 bits per heavy atom. The number of nitrogens with one attached hydrogen (secondary N) is 1. The number of aliphatic carboxylic acids is 1. The van der Waals surface area contributed by atoms with Gasteiger partial charge in [-0.1, -0.05) is 12.7 Å². The van der Waals surface area contributed by atoms with Crippen LogP contribution in [0.4, 0.5) is 5.82 Å². The Morgan fingerprint density at radius 2 is 2.03 bits per heavy atom. The standard InChI is InChI=1S/C24H30N4O3/c1-3-17-13-18-7-6-12-25-23(18)28-22(17)9-5-4-8-20(29)10-11-21(24(30)31)19-14-26-16(2)27-15-19/h3,13-15,21H,1,4-12H2,2H3,(H,25,28)(H,30,31)/t21-/m0/s1. The number of hydrogen-bond acceptors (Lipinski definition) is 6. The molecule has 1 atom stereocenters. The Balaban J connectivity index is 1.46. The summed E-state index contributed by atoms with van der Waals surface area (Å²) in [6, 6.07) is 2.17. The summed E-state index contributed by atoms with van der Waals surface area (Å²) in [6.07, 6.45) is 10.4. The number of anilines is 1. The zero-order valence-electron chi connectivity index (χ0n) is 18.1. The number of Topliss-reactive ketones (excluding diaryl/α,β-unsaturated/α-hetero) is 1. The summed E-state index contributed by atoms with van der Waals surface area (Å²) in [5.74, 6) is -0.0602. The fraction of sp³-hybridized carbons (Fsp3) is 0.458. The van der Waals surface area contributed by atoms with Crippen LogP contribution in [0.25, 0.3) is 6.08 Å². The monoisotopic (exact) mass is 422 g/mol. The third kappa shape index (κ3) is 6.20. The molecule has 0 unspecified atom stereocenters. The normalized spacial score (nSPS) is 13.7. The molecule has 2 aromatic heterocycles. The van der Waals surface area contributed by atoms with Crippen molar-refractivity contribution < 1.29 is 14.7 Å². The number of unbranched alkanes of at least 4 members (excludes halogenated alkanes) is 1. The minimum atomic E-state index is -0.954. The molecule has 7 nitrogen and oxygen atoms in total. The molecular weight excluding hydrogens is 392 g/mol. The molecule has 0 saturated carbocycles. The molecule has 3 heterocycles. The summed E-state index contributed by atoms with van der Waals surface area (Å²) in [5.41, 5.74) is 3.86. The predicted octanol–water partition coefficient (Wildman–Crippen LogP) is 4.11. The Bertz CT molecular complexity index is 941. The van der Waals surface area contributed by atoms with E-state index in [0.29, 0.717) is 17.8 Å². The summed E-state index contributed by atoms with van der Waals surface area (Å²) in [7, 11) is 0. The van der Waals surface area contributed by atoms with Crippen molar-refractivity contribution in [2.75, 3.05) is 11.9 Å². The molecule has 7 heteroatoms. The number of fused-ring (bicyclic) bond motifs is 1. The number of carboxylic acid groups (broad SMARTS) is 1. The van der Waals surface area contributed by atoms with Crippen molar-refractivity contribution in [1.82, 2.24) is 15.0 Å². The summed E-state index contributed by atoms with van der Waals surface area (Å²) >= 11 is 0. The average Bonchev–Trinajstić information content (AvgIpc) is 2.77. The minimum Gasteiger partial charge on any atom is -0.481 e. The van der Waals surface area contributed by atoms with E-state index in [2.05, 4.69) is 27.9 Å². The zero-order valence-corrected chi connectivity index (χ0v) is 18.1. The van der Waals surface area contributed by atoms with Crippen molar-refractivity contribution in [2.45, 2.75) is 64.2 Å². The number of aromatic nitrogens is 3. The highest BCUT2D eigenvalue weighted by Crippen LogP contribution is 2.25. The van der Waals surface area contributed by atoms with Gasteiger partial charge in [0.15, 0.2) is 0 Å². The summed E-state index contributed by atoms with van der Waals surface area (Å²) in [5, 5.41) is 12.9. The van der Waals surface area contributed by atoms with E-state index in [9.17, 15) is 14.7 Å². The lowest BCUT2D eigenvalue weighted by atomic mass is 9.94. The van der Waals surface area contributed by atoms with E-state index < -0.39 is 11.9 Å². The number of rotatable bonds is 11. The largest absolute Gasteiger partial charge is 0.481 e. The second-order valence-electron chi connectivity index (χ2n) is 8.01. The van der Waals surface area contributed by atoms with E-state index in [1.807, 2.05) is 6.08 Å². The number of nitrogens with zero attached hydrogens (tertiary/aromatic N) is 3. The third-order valence-electron chi connectivity index (χ3n) is 5.68. The predicted molar refractivity (Wildman–Crippen MR) is 120 cm³/mol. The smallest absolute Gasteiger partial charge is 0.311 e. The molecule has 1 aliphatic rings. The van der Waals surface area contributed by atoms with E-state index in [1.54, 1.807) is 6.92 Å². The van der Waals surface area contributed by atoms with Crippen molar-refractivity contribution >= 4 is 23.6 Å². The first-order valence-corrected chi connectivity index (χ1v) is 10.9. The molecule has 0 spiro atoms. The lowest BCUT2D eigenvalue weighted by Gasteiger charge is -2.19. The van der Waals surface area contributed by atoms with Crippen LogP contribution in [0.3, 0.4) is 0 Å². The van der Waals surface area contributed by atoms with Crippen LogP contribution in [-0.4, -0.2) is 38.4 Å². The van der Waals surface area contributed by atoms with Crippen LogP contribution < -0.4 is 5.32 Å². The first-order valence-electron chi connectivity index (χ1n) is 10.9. The molecular formula is C24H30N4O3. The molecule has 0 fully saturated rings. The van der Waals surface area contributed by atoms with Gasteiger partial charge in [0.2, 0.25) is 0 Å². The van der Waals surface area contributed by atoms with Crippen LogP contribution in [0.15, 0.2) is 25.0 Å². The van der Waals surface area contributed by atoms with Gasteiger partial charge in [0.1, 0.15) is 17.4 Å². The highest BCUT2D eigenvalue weighted by Gasteiger charge is 2.21. The number of pyridine rings is 1. The van der Waals surface area contributed by atoms with Crippen LogP contribution in [0, 0.1) is 6.92 Å². The van der Waals surface area contributed by atoms with Crippen molar-refractivity contribution in [3.05, 3.63) is 53.2 Å². The topological polar surface area (TPSA) is 105 Å². The van der Waals surface area contributed by atoms with Crippen molar-refractivity contribution in [3.8, 4) is 0 Å². The molecule has 0 aromatic carbocycles. The van der Waals surface area contributed by atoms with Crippen LogP contribution in [0.1, 0.15) is 72.7 Å². The maximum absolute atomic E-state index is 12.3. The fourth-order valence-electron chi connectivity index (χ4n) is 3.88. The van der Waals surface area contributed by atoms with Gasteiger partial charge in [0, 0.05) is 37.3 Å². The molecule has 0 bridgehead atoms. The number of aryl methyl sites for hydroxylation is 3. The van der Waals surface area contributed by atoms with Gasteiger partial charge in [-0.15, -0.1) is 0 Å². The van der Waals surface area contributed by atoms with E-state index in [4.69, 9.17) is 4.98 Å². The van der Waals surface area contributed by atoms with E-state index in [1.165, 1.54) is 18.0 Å². The molecule has 2 aromatic rings. The van der Waals surface area contributed by atoms with Crippen molar-refractivity contribution in [1.29, 1.82) is 0 Å². The van der Waals surface area contributed by atoms with Crippen molar-refractivity contribution in [2.24, 2.45) is 0 Å². The Morgan fingerprint density at radius 3 is 2.74 bits per heavy atom. The number of carboxylic acids is 1. The van der Waals surface area contributed by atoms with Gasteiger partial charge in [0.05, 0.1) is 11.6 Å². The van der Waals surface area contributed by atoms with E-state index in [0.717, 1.165) is 55.7 Å². The number of ketones is 1. The Hall–Kier alpha value is -3.09. The number of carbonyl (C=O) groups is 2. The zero-order chi connectivity index (χ0) is 22.2. The van der Waals surface area contributed by atoms with Gasteiger partial charge in [-0.25, -0.2) is 15.0 Å². The lowest BCUT2D eigenvalue weighted by Crippen LogP contribution is -2.15. The van der Waals surface area contributed by atoms with Crippen LogP contribution in [-0.2, 0) is 22.4 Å². The van der Waals surface area contributed by atoms with Gasteiger partial charge in [-0.3, -0.25) is 9.59 Å². The summed E-state index contributed by atoms with van der Waals surface area (Å²) < 4.78 is 0. The molecule has 2 N–H and O–H groups in total. The average molecular weight is 423 g/mol. The molecule has 3 rings (SSSR count).